The molecule has 0 unspecified atom stereocenters. The average Bonchev–Trinajstić information content (AvgIpc) is 2.36. The Morgan fingerprint density at radius 1 is 1.47 bits per heavy atom. The van der Waals surface area contributed by atoms with Crippen molar-refractivity contribution in [1.82, 2.24) is 9.55 Å². The summed E-state index contributed by atoms with van der Waals surface area (Å²) in [5.41, 5.74) is 1.27. The third-order valence-electron chi connectivity index (χ3n) is 2.59. The van der Waals surface area contributed by atoms with Crippen LogP contribution in [0.5, 0.6) is 0 Å². The van der Waals surface area contributed by atoms with E-state index in [0.717, 1.165) is 5.46 Å². The normalized spacial score (nSPS) is 10.2. The van der Waals surface area contributed by atoms with E-state index in [9.17, 15) is 9.59 Å². The van der Waals surface area contributed by atoms with Gasteiger partial charge in [0.2, 0.25) is 0 Å². The molecule has 0 saturated carbocycles. The summed E-state index contributed by atoms with van der Waals surface area (Å²) in [6.07, 6.45) is 2.97. The number of aromatic carboxylic acids is 1. The van der Waals surface area contributed by atoms with Crippen molar-refractivity contribution in [2.45, 2.75) is 0 Å². The molecule has 19 heavy (non-hydrogen) atoms. The Labute approximate surface area is 110 Å². The quantitative estimate of drug-likeness (QED) is 0.723. The van der Waals surface area contributed by atoms with Crippen LogP contribution in [0.3, 0.4) is 0 Å². The van der Waals surface area contributed by atoms with Crippen molar-refractivity contribution in [3.05, 3.63) is 46.5 Å². The van der Waals surface area contributed by atoms with Crippen LogP contribution in [-0.2, 0) is 7.05 Å². The highest BCUT2D eigenvalue weighted by Crippen LogP contribution is 2.10. The van der Waals surface area contributed by atoms with Gasteiger partial charge in [0, 0.05) is 19.4 Å². The SMILES string of the molecule is Bc1cc(Nc2ccc(C(=O)O)cn2)c(=O)n(C)c1. The first-order valence-electron chi connectivity index (χ1n) is 5.61. The van der Waals surface area contributed by atoms with Crippen LogP contribution < -0.4 is 16.3 Å². The molecule has 0 spiro atoms. The minimum absolute atomic E-state index is 0.0997. The summed E-state index contributed by atoms with van der Waals surface area (Å²) in [6, 6.07) is 4.66. The lowest BCUT2D eigenvalue weighted by Crippen LogP contribution is -2.24. The van der Waals surface area contributed by atoms with E-state index in [1.807, 2.05) is 7.85 Å². The molecular formula is C12H12BN3O3. The second kappa shape index (κ2) is 4.97. The van der Waals surface area contributed by atoms with Gasteiger partial charge in [0.15, 0.2) is 0 Å². The number of carboxylic acid groups (broad SMARTS) is 1. The standard InChI is InChI=1S/C12H12BN3O3/c1-16-6-8(13)4-9(11(16)17)15-10-3-2-7(5-14-10)12(18)19/h2-6H,13H2,1H3,(H,14,15)(H,18,19). The van der Waals surface area contributed by atoms with E-state index in [0.29, 0.717) is 11.5 Å². The molecule has 0 aliphatic heterocycles. The van der Waals surface area contributed by atoms with Crippen molar-refractivity contribution in [3.63, 3.8) is 0 Å². The van der Waals surface area contributed by atoms with Crippen molar-refractivity contribution < 1.29 is 9.90 Å². The number of anilines is 2. The number of nitrogens with zero attached hydrogens (tertiary/aromatic N) is 2. The molecule has 0 amide bonds. The summed E-state index contributed by atoms with van der Waals surface area (Å²) in [6.45, 7) is 0. The molecule has 2 N–H and O–H groups in total. The highest BCUT2D eigenvalue weighted by molar-refractivity contribution is 6.32. The van der Waals surface area contributed by atoms with Crippen LogP contribution in [0.4, 0.5) is 11.5 Å². The number of hydrogen-bond donors (Lipinski definition) is 2. The van der Waals surface area contributed by atoms with E-state index in [-0.39, 0.29) is 11.1 Å². The largest absolute Gasteiger partial charge is 0.478 e. The zero-order valence-electron chi connectivity index (χ0n) is 10.5. The zero-order valence-corrected chi connectivity index (χ0v) is 10.5. The number of nitrogens with one attached hydrogen (secondary N) is 1. The summed E-state index contributed by atoms with van der Waals surface area (Å²) >= 11 is 0. The van der Waals surface area contributed by atoms with Crippen LogP contribution in [0.2, 0.25) is 0 Å². The van der Waals surface area contributed by atoms with Crippen molar-refractivity contribution in [1.29, 1.82) is 0 Å². The van der Waals surface area contributed by atoms with Crippen LogP contribution in [0.25, 0.3) is 0 Å². The maximum Gasteiger partial charge on any atom is 0.337 e. The Hall–Kier alpha value is -2.57. The monoisotopic (exact) mass is 257 g/mol. The first-order chi connectivity index (χ1) is 8.97. The number of aryl methyl sites for hydroxylation is 1. The minimum atomic E-state index is -1.04. The average molecular weight is 257 g/mol. The number of carbonyl (C=O) groups is 1. The first kappa shape index (κ1) is 12.9. The Bertz CT molecular complexity index is 680. The van der Waals surface area contributed by atoms with Gasteiger partial charge in [0.25, 0.3) is 5.56 Å². The number of aromatic nitrogens is 2. The molecule has 0 aliphatic rings. The van der Waals surface area contributed by atoms with Gasteiger partial charge in [0.05, 0.1) is 5.56 Å². The van der Waals surface area contributed by atoms with Crippen LogP contribution in [0.1, 0.15) is 10.4 Å². The van der Waals surface area contributed by atoms with Crippen LogP contribution >= 0.6 is 0 Å². The summed E-state index contributed by atoms with van der Waals surface area (Å²) in [7, 11) is 3.55. The molecule has 96 valence electrons. The molecule has 0 radical (unpaired) electrons. The van der Waals surface area contributed by atoms with Crippen LogP contribution in [0, 0.1) is 0 Å². The minimum Gasteiger partial charge on any atom is -0.478 e. The molecule has 0 atom stereocenters. The second-order valence-corrected chi connectivity index (χ2v) is 4.21. The molecule has 0 fully saturated rings. The Kier molecular flexibility index (Phi) is 3.37. The predicted octanol–water partition coefficient (Wildman–Crippen LogP) is -0.520. The molecule has 0 aliphatic carbocycles. The molecule has 0 saturated heterocycles. The van der Waals surface area contributed by atoms with E-state index in [1.165, 1.54) is 22.9 Å². The Morgan fingerprint density at radius 2 is 2.21 bits per heavy atom. The summed E-state index contributed by atoms with van der Waals surface area (Å²) < 4.78 is 1.48. The van der Waals surface area contributed by atoms with E-state index in [1.54, 1.807) is 19.3 Å². The van der Waals surface area contributed by atoms with Gasteiger partial charge in [-0.05, 0) is 18.2 Å². The highest BCUT2D eigenvalue weighted by Gasteiger charge is 2.06. The molecule has 2 aromatic rings. The lowest BCUT2D eigenvalue weighted by Gasteiger charge is -2.08. The third-order valence-corrected chi connectivity index (χ3v) is 2.59. The summed E-state index contributed by atoms with van der Waals surface area (Å²) in [4.78, 5) is 26.5. The van der Waals surface area contributed by atoms with Gasteiger partial charge in [-0.3, -0.25) is 4.79 Å². The van der Waals surface area contributed by atoms with Gasteiger partial charge in [-0.2, -0.15) is 0 Å². The third kappa shape index (κ3) is 2.82. The van der Waals surface area contributed by atoms with Gasteiger partial charge < -0.3 is 15.0 Å². The molecule has 6 nitrogen and oxygen atoms in total. The molecular weight excluding hydrogens is 245 g/mol. The van der Waals surface area contributed by atoms with Gasteiger partial charge in [-0.25, -0.2) is 9.78 Å². The fourth-order valence-electron chi connectivity index (χ4n) is 1.70. The lowest BCUT2D eigenvalue weighted by molar-refractivity contribution is 0.0696. The van der Waals surface area contributed by atoms with Gasteiger partial charge in [-0.1, -0.05) is 5.46 Å². The fourth-order valence-corrected chi connectivity index (χ4v) is 1.70. The second-order valence-electron chi connectivity index (χ2n) is 4.21. The fraction of sp³-hybridized carbons (Fsp3) is 0.0833. The highest BCUT2D eigenvalue weighted by atomic mass is 16.4. The molecule has 2 aromatic heterocycles. The van der Waals surface area contributed by atoms with E-state index >= 15 is 0 Å². The maximum atomic E-state index is 11.9. The van der Waals surface area contributed by atoms with E-state index in [4.69, 9.17) is 5.11 Å². The Morgan fingerprint density at radius 3 is 2.79 bits per heavy atom. The first-order valence-corrected chi connectivity index (χ1v) is 5.61. The molecule has 0 aromatic carbocycles. The van der Waals surface area contributed by atoms with Gasteiger partial charge in [-0.15, -0.1) is 0 Å². The summed E-state index contributed by atoms with van der Waals surface area (Å²) in [5, 5.41) is 11.7. The van der Waals surface area contributed by atoms with Crippen molar-refractivity contribution in [3.8, 4) is 0 Å². The van der Waals surface area contributed by atoms with Gasteiger partial charge >= 0.3 is 5.97 Å². The van der Waals surface area contributed by atoms with E-state index < -0.39 is 5.97 Å². The number of hydrogen-bond acceptors (Lipinski definition) is 4. The molecule has 7 heteroatoms. The van der Waals surface area contributed by atoms with Crippen LogP contribution in [0.15, 0.2) is 35.4 Å². The molecule has 0 bridgehead atoms. The Balaban J connectivity index is 2.31. The van der Waals surface area contributed by atoms with Gasteiger partial charge in [0.1, 0.15) is 19.4 Å². The zero-order chi connectivity index (χ0) is 14.0. The molecule has 2 heterocycles. The maximum absolute atomic E-state index is 11.9. The predicted molar refractivity (Wildman–Crippen MR) is 74.3 cm³/mol. The van der Waals surface area contributed by atoms with Crippen molar-refractivity contribution >= 4 is 30.8 Å². The lowest BCUT2D eigenvalue weighted by atomic mass is 9.98. The number of pyridine rings is 2. The topological polar surface area (TPSA) is 84.2 Å². The van der Waals surface area contributed by atoms with Crippen molar-refractivity contribution in [2.24, 2.45) is 7.05 Å². The smallest absolute Gasteiger partial charge is 0.337 e. The van der Waals surface area contributed by atoms with E-state index in [2.05, 4.69) is 10.3 Å². The molecule has 2 rings (SSSR count). The number of carboxylic acids is 1. The number of rotatable bonds is 3. The summed E-state index contributed by atoms with van der Waals surface area (Å²) in [5.74, 6) is -0.613. The van der Waals surface area contributed by atoms with Crippen molar-refractivity contribution in [2.75, 3.05) is 5.32 Å². The van der Waals surface area contributed by atoms with Crippen LogP contribution in [-0.4, -0.2) is 28.5 Å².